The van der Waals surface area contributed by atoms with E-state index in [2.05, 4.69) is 4.74 Å². The normalized spacial score (nSPS) is 17.5. The Labute approximate surface area is 166 Å². The van der Waals surface area contributed by atoms with Gasteiger partial charge >= 0.3 is 11.9 Å². The summed E-state index contributed by atoms with van der Waals surface area (Å²) in [5.41, 5.74) is 1.50. The van der Waals surface area contributed by atoms with Crippen molar-refractivity contribution in [1.82, 2.24) is 0 Å². The Morgan fingerprint density at radius 1 is 1.07 bits per heavy atom. The second kappa shape index (κ2) is 8.14. The first-order valence-corrected chi connectivity index (χ1v) is 8.64. The number of carbonyl (C=O) groups is 2. The number of carboxylic acid groups (broad SMARTS) is 1. The highest BCUT2D eigenvalue weighted by molar-refractivity contribution is 5.87. The first-order chi connectivity index (χ1) is 13.9. The van der Waals surface area contributed by atoms with E-state index < -0.39 is 24.0 Å². The van der Waals surface area contributed by atoms with Gasteiger partial charge in [-0.05, 0) is 41.5 Å². The standard InChI is InChI=1S/C21H20O8/c1-26-15-10-12(5-6-14(15)22)19-18(21(24)25)13-8-11(4-7-17(23)28-3)9-16(27-2)20(13)29-19/h4-10,18-19,22H,1-3H3,(H,24,25)/b7-4+/t18-,19+/m1/s1. The summed E-state index contributed by atoms with van der Waals surface area (Å²) in [7, 11) is 4.11. The Balaban J connectivity index is 2.08. The van der Waals surface area contributed by atoms with E-state index in [0.29, 0.717) is 28.2 Å². The van der Waals surface area contributed by atoms with Gasteiger partial charge in [-0.15, -0.1) is 0 Å². The van der Waals surface area contributed by atoms with Crippen molar-refractivity contribution in [1.29, 1.82) is 0 Å². The highest BCUT2D eigenvalue weighted by Crippen LogP contribution is 2.51. The largest absolute Gasteiger partial charge is 0.504 e. The lowest BCUT2D eigenvalue weighted by atomic mass is 9.90. The third kappa shape index (κ3) is 3.82. The maximum absolute atomic E-state index is 12.1. The molecule has 29 heavy (non-hydrogen) atoms. The number of aromatic hydroxyl groups is 1. The summed E-state index contributed by atoms with van der Waals surface area (Å²) in [5.74, 6) is -1.86. The number of hydrogen-bond donors (Lipinski definition) is 2. The monoisotopic (exact) mass is 400 g/mol. The van der Waals surface area contributed by atoms with Crippen molar-refractivity contribution in [2.24, 2.45) is 0 Å². The van der Waals surface area contributed by atoms with Crippen LogP contribution in [0.15, 0.2) is 36.4 Å². The third-order valence-corrected chi connectivity index (χ3v) is 4.62. The molecule has 2 atom stereocenters. The van der Waals surface area contributed by atoms with Crippen LogP contribution in [-0.4, -0.2) is 43.5 Å². The molecule has 2 aromatic carbocycles. The fourth-order valence-corrected chi connectivity index (χ4v) is 3.24. The van der Waals surface area contributed by atoms with E-state index in [1.807, 2.05) is 0 Å². The number of methoxy groups -OCH3 is 3. The van der Waals surface area contributed by atoms with Crippen LogP contribution in [0.4, 0.5) is 0 Å². The van der Waals surface area contributed by atoms with Gasteiger partial charge in [-0.2, -0.15) is 0 Å². The first-order valence-electron chi connectivity index (χ1n) is 8.64. The molecule has 0 radical (unpaired) electrons. The molecule has 8 nitrogen and oxygen atoms in total. The molecular weight excluding hydrogens is 380 g/mol. The van der Waals surface area contributed by atoms with Crippen LogP contribution < -0.4 is 14.2 Å². The average molecular weight is 400 g/mol. The summed E-state index contributed by atoms with van der Waals surface area (Å²) >= 11 is 0. The summed E-state index contributed by atoms with van der Waals surface area (Å²) in [6.45, 7) is 0. The molecule has 0 bridgehead atoms. The summed E-state index contributed by atoms with van der Waals surface area (Å²) in [6.07, 6.45) is 1.88. The van der Waals surface area contributed by atoms with Crippen LogP contribution in [-0.2, 0) is 14.3 Å². The molecule has 0 saturated carbocycles. The van der Waals surface area contributed by atoms with E-state index in [1.54, 1.807) is 18.2 Å². The van der Waals surface area contributed by atoms with Gasteiger partial charge < -0.3 is 29.2 Å². The lowest BCUT2D eigenvalue weighted by Crippen LogP contribution is -2.18. The maximum Gasteiger partial charge on any atom is 0.330 e. The summed E-state index contributed by atoms with van der Waals surface area (Å²) in [5, 5.41) is 19.7. The summed E-state index contributed by atoms with van der Waals surface area (Å²) < 4.78 is 21.0. The molecule has 0 spiro atoms. The second-order valence-electron chi connectivity index (χ2n) is 6.28. The van der Waals surface area contributed by atoms with Gasteiger partial charge in [0, 0.05) is 11.6 Å². The van der Waals surface area contributed by atoms with E-state index in [4.69, 9.17) is 14.2 Å². The van der Waals surface area contributed by atoms with Crippen LogP contribution in [0.2, 0.25) is 0 Å². The molecule has 2 N–H and O–H groups in total. The van der Waals surface area contributed by atoms with Gasteiger partial charge in [0.25, 0.3) is 0 Å². The van der Waals surface area contributed by atoms with Crippen molar-refractivity contribution < 1.29 is 38.7 Å². The summed E-state index contributed by atoms with van der Waals surface area (Å²) in [6, 6.07) is 7.80. The fourth-order valence-electron chi connectivity index (χ4n) is 3.24. The Bertz CT molecular complexity index is 979. The predicted octanol–water partition coefficient (Wildman–Crippen LogP) is 2.90. The van der Waals surface area contributed by atoms with Crippen molar-refractivity contribution >= 4 is 18.0 Å². The third-order valence-electron chi connectivity index (χ3n) is 4.62. The average Bonchev–Trinajstić information content (AvgIpc) is 3.11. The number of phenols is 1. The first kappa shape index (κ1) is 20.1. The molecule has 152 valence electrons. The molecule has 0 fully saturated rings. The number of fused-ring (bicyclic) bond motifs is 1. The van der Waals surface area contributed by atoms with Gasteiger partial charge in [0.15, 0.2) is 23.0 Å². The van der Waals surface area contributed by atoms with Crippen molar-refractivity contribution in [2.75, 3.05) is 21.3 Å². The van der Waals surface area contributed by atoms with Crippen LogP contribution in [0.3, 0.4) is 0 Å². The zero-order valence-corrected chi connectivity index (χ0v) is 16.0. The molecule has 1 aliphatic heterocycles. The maximum atomic E-state index is 12.1. The lowest BCUT2D eigenvalue weighted by molar-refractivity contribution is -0.140. The minimum absolute atomic E-state index is 0.0635. The second-order valence-corrected chi connectivity index (χ2v) is 6.28. The number of carbonyl (C=O) groups excluding carboxylic acids is 1. The molecule has 1 heterocycles. The van der Waals surface area contributed by atoms with Crippen molar-refractivity contribution in [2.45, 2.75) is 12.0 Å². The highest BCUT2D eigenvalue weighted by atomic mass is 16.5. The number of carboxylic acids is 1. The minimum Gasteiger partial charge on any atom is -0.504 e. The van der Waals surface area contributed by atoms with Gasteiger partial charge in [-0.3, -0.25) is 4.79 Å². The van der Waals surface area contributed by atoms with Crippen LogP contribution in [0.1, 0.15) is 28.7 Å². The van der Waals surface area contributed by atoms with E-state index in [-0.39, 0.29) is 11.5 Å². The molecule has 0 aliphatic carbocycles. The smallest absolute Gasteiger partial charge is 0.330 e. The lowest BCUT2D eigenvalue weighted by Gasteiger charge is -2.17. The Hall–Kier alpha value is -3.68. The zero-order chi connectivity index (χ0) is 21.1. The molecule has 0 saturated heterocycles. The molecular formula is C21H20O8. The Morgan fingerprint density at radius 3 is 2.41 bits per heavy atom. The number of phenolic OH excluding ortho intramolecular Hbond substituents is 1. The number of rotatable bonds is 6. The molecule has 2 aromatic rings. The Morgan fingerprint density at radius 2 is 1.79 bits per heavy atom. The number of aliphatic carboxylic acids is 1. The van der Waals surface area contributed by atoms with Crippen molar-refractivity contribution in [3.8, 4) is 23.0 Å². The van der Waals surface area contributed by atoms with E-state index in [1.165, 1.54) is 45.6 Å². The van der Waals surface area contributed by atoms with Gasteiger partial charge in [0.1, 0.15) is 12.0 Å². The van der Waals surface area contributed by atoms with Gasteiger partial charge in [-0.25, -0.2) is 4.79 Å². The Kier molecular flexibility index (Phi) is 5.63. The number of esters is 1. The zero-order valence-electron chi connectivity index (χ0n) is 16.0. The number of hydrogen-bond acceptors (Lipinski definition) is 7. The summed E-state index contributed by atoms with van der Waals surface area (Å²) in [4.78, 5) is 23.5. The minimum atomic E-state index is -1.09. The van der Waals surface area contributed by atoms with Crippen molar-refractivity contribution in [3.63, 3.8) is 0 Å². The number of ether oxygens (including phenoxy) is 4. The molecule has 8 heteroatoms. The quantitative estimate of drug-likeness (QED) is 0.562. The van der Waals surface area contributed by atoms with Gasteiger partial charge in [-0.1, -0.05) is 6.07 Å². The van der Waals surface area contributed by atoms with Crippen LogP contribution >= 0.6 is 0 Å². The van der Waals surface area contributed by atoms with Crippen molar-refractivity contribution in [3.05, 3.63) is 53.1 Å². The van der Waals surface area contributed by atoms with E-state index in [9.17, 15) is 19.8 Å². The SMILES string of the molecule is COC(=O)/C=C/c1cc(OC)c2c(c1)[C@@H](C(=O)O)[C@H](c1ccc(O)c(OC)c1)O2. The predicted molar refractivity (Wildman–Crippen MR) is 102 cm³/mol. The van der Waals surface area contributed by atoms with Crippen LogP contribution in [0.5, 0.6) is 23.0 Å². The molecule has 0 unspecified atom stereocenters. The molecule has 0 amide bonds. The van der Waals surface area contributed by atoms with E-state index in [0.717, 1.165) is 0 Å². The van der Waals surface area contributed by atoms with Crippen LogP contribution in [0.25, 0.3) is 6.08 Å². The molecule has 3 rings (SSSR count). The molecule has 0 aromatic heterocycles. The fraction of sp³-hybridized carbons (Fsp3) is 0.238. The molecule has 1 aliphatic rings. The van der Waals surface area contributed by atoms with Gasteiger partial charge in [0.2, 0.25) is 0 Å². The highest BCUT2D eigenvalue weighted by Gasteiger charge is 2.42. The van der Waals surface area contributed by atoms with E-state index >= 15 is 0 Å². The topological polar surface area (TPSA) is 112 Å². The van der Waals surface area contributed by atoms with Gasteiger partial charge in [0.05, 0.1) is 21.3 Å². The number of benzene rings is 2. The van der Waals surface area contributed by atoms with Crippen LogP contribution in [0, 0.1) is 0 Å².